The van der Waals surface area contributed by atoms with Crippen LogP contribution in [0.2, 0.25) is 0 Å². The zero-order valence-corrected chi connectivity index (χ0v) is 10.0. The first-order valence-electron chi connectivity index (χ1n) is 4.64. The number of carbonyl (C=O) groups is 1. The lowest BCUT2D eigenvalue weighted by atomic mass is 10.0. The molecule has 5 nitrogen and oxygen atoms in total. The second-order valence-corrected chi connectivity index (χ2v) is 3.27. The molecule has 17 heavy (non-hydrogen) atoms. The van der Waals surface area contributed by atoms with Crippen LogP contribution in [0.4, 0.5) is 0 Å². The maximum absolute atomic E-state index is 11.0. The maximum Gasteiger partial charge on any atom is 0.307 e. The largest absolute Gasteiger partial charge is 0.508 e. The van der Waals surface area contributed by atoms with E-state index in [-0.39, 0.29) is 24.6 Å². The van der Waals surface area contributed by atoms with Crippen molar-refractivity contribution in [3.8, 4) is 11.8 Å². The molecule has 0 unspecified atom stereocenters. The van der Waals surface area contributed by atoms with Gasteiger partial charge in [-0.1, -0.05) is 0 Å². The summed E-state index contributed by atoms with van der Waals surface area (Å²) in [4.78, 5) is 11.0. The number of hydrogen-bond acceptors (Lipinski definition) is 5. The minimum atomic E-state index is -0.680. The van der Waals surface area contributed by atoms with E-state index in [9.17, 15) is 9.90 Å². The van der Waals surface area contributed by atoms with Crippen molar-refractivity contribution in [3.63, 3.8) is 0 Å². The van der Waals surface area contributed by atoms with Crippen LogP contribution in [-0.2, 0) is 9.53 Å². The molecule has 0 aromatic heterocycles. The van der Waals surface area contributed by atoms with Crippen LogP contribution >= 0.6 is 12.4 Å². The van der Waals surface area contributed by atoms with E-state index in [2.05, 4.69) is 4.74 Å². The van der Waals surface area contributed by atoms with Crippen molar-refractivity contribution in [2.24, 2.45) is 5.73 Å². The number of esters is 1. The number of rotatable bonds is 3. The van der Waals surface area contributed by atoms with Gasteiger partial charge in [0.15, 0.2) is 0 Å². The van der Waals surface area contributed by atoms with Crippen molar-refractivity contribution >= 4 is 18.4 Å². The summed E-state index contributed by atoms with van der Waals surface area (Å²) in [5.74, 6) is -0.496. The summed E-state index contributed by atoms with van der Waals surface area (Å²) in [6.07, 6.45) is -0.0427. The molecule has 0 saturated carbocycles. The molecule has 0 fully saturated rings. The molecule has 0 aliphatic rings. The van der Waals surface area contributed by atoms with Crippen molar-refractivity contribution in [1.82, 2.24) is 0 Å². The van der Waals surface area contributed by atoms with Crippen LogP contribution in [0, 0.1) is 11.3 Å². The van der Waals surface area contributed by atoms with Crippen LogP contribution in [0.3, 0.4) is 0 Å². The van der Waals surface area contributed by atoms with Crippen LogP contribution in [-0.4, -0.2) is 18.2 Å². The second kappa shape index (κ2) is 6.74. The van der Waals surface area contributed by atoms with Gasteiger partial charge in [-0.3, -0.25) is 4.79 Å². The first-order chi connectivity index (χ1) is 7.58. The Morgan fingerprint density at radius 2 is 2.29 bits per heavy atom. The van der Waals surface area contributed by atoms with Crippen molar-refractivity contribution < 1.29 is 14.6 Å². The molecule has 0 saturated heterocycles. The van der Waals surface area contributed by atoms with Crippen LogP contribution in [0.15, 0.2) is 18.2 Å². The highest BCUT2D eigenvalue weighted by molar-refractivity contribution is 5.85. The number of nitriles is 1. The van der Waals surface area contributed by atoms with Crippen LogP contribution in [0.1, 0.15) is 23.6 Å². The Morgan fingerprint density at radius 1 is 1.65 bits per heavy atom. The molecule has 3 N–H and O–H groups in total. The number of nitrogens with zero attached hydrogens (tertiary/aromatic N) is 1. The van der Waals surface area contributed by atoms with Crippen molar-refractivity contribution in [2.75, 3.05) is 7.11 Å². The number of carbonyl (C=O) groups excluding carboxylic acids is 1. The molecule has 6 heteroatoms. The third-order valence-electron chi connectivity index (χ3n) is 2.17. The maximum atomic E-state index is 11.0. The highest BCUT2D eigenvalue weighted by atomic mass is 35.5. The fourth-order valence-corrected chi connectivity index (χ4v) is 1.29. The SMILES string of the molecule is COC(=O)C[C@H](N)c1cc(C#N)ccc1O.Cl. The van der Waals surface area contributed by atoms with Crippen molar-refractivity contribution in [1.29, 1.82) is 5.26 Å². The number of aromatic hydroxyl groups is 1. The fraction of sp³-hybridized carbons (Fsp3) is 0.273. The third-order valence-corrected chi connectivity index (χ3v) is 2.17. The summed E-state index contributed by atoms with van der Waals surface area (Å²) in [5.41, 5.74) is 6.47. The van der Waals surface area contributed by atoms with Crippen molar-refractivity contribution in [2.45, 2.75) is 12.5 Å². The van der Waals surface area contributed by atoms with Gasteiger partial charge in [0, 0.05) is 11.6 Å². The zero-order chi connectivity index (χ0) is 12.1. The molecule has 0 radical (unpaired) electrons. The molecule has 0 aliphatic carbocycles. The average Bonchev–Trinajstić information content (AvgIpc) is 2.29. The normalized spacial score (nSPS) is 10.9. The zero-order valence-electron chi connectivity index (χ0n) is 9.21. The molecular formula is C11H13ClN2O3. The Balaban J connectivity index is 0.00000256. The van der Waals surface area contributed by atoms with E-state index in [1.54, 1.807) is 0 Å². The molecule has 1 aromatic rings. The van der Waals surface area contributed by atoms with Crippen LogP contribution < -0.4 is 5.73 Å². The van der Waals surface area contributed by atoms with E-state index >= 15 is 0 Å². The smallest absolute Gasteiger partial charge is 0.307 e. The third kappa shape index (κ3) is 3.94. The van der Waals surface area contributed by atoms with Gasteiger partial charge in [-0.15, -0.1) is 12.4 Å². The molecule has 1 atom stereocenters. The van der Waals surface area contributed by atoms with E-state index in [4.69, 9.17) is 11.0 Å². The number of methoxy groups -OCH3 is 1. The van der Waals surface area contributed by atoms with Gasteiger partial charge in [0.1, 0.15) is 5.75 Å². The first kappa shape index (κ1) is 15.2. The summed E-state index contributed by atoms with van der Waals surface area (Å²) in [6.45, 7) is 0. The Bertz CT molecular complexity index is 443. The second-order valence-electron chi connectivity index (χ2n) is 3.27. The van der Waals surface area contributed by atoms with E-state index in [0.717, 1.165) is 0 Å². The number of phenolic OH excluding ortho intramolecular Hbond substituents is 1. The number of hydrogen-bond donors (Lipinski definition) is 2. The fourth-order valence-electron chi connectivity index (χ4n) is 1.29. The molecule has 0 spiro atoms. The Morgan fingerprint density at radius 3 is 2.82 bits per heavy atom. The van der Waals surface area contributed by atoms with Gasteiger partial charge in [-0.25, -0.2) is 0 Å². The Kier molecular flexibility index (Phi) is 6.03. The Labute approximate surface area is 105 Å². The Hall–Kier alpha value is -1.77. The van der Waals surface area contributed by atoms with E-state index in [1.165, 1.54) is 25.3 Å². The monoisotopic (exact) mass is 256 g/mol. The highest BCUT2D eigenvalue weighted by Gasteiger charge is 2.15. The lowest BCUT2D eigenvalue weighted by Crippen LogP contribution is -2.16. The number of phenols is 1. The predicted octanol–water partition coefficient (Wildman–Crippen LogP) is 1.25. The van der Waals surface area contributed by atoms with Crippen LogP contribution in [0.5, 0.6) is 5.75 Å². The summed E-state index contributed by atoms with van der Waals surface area (Å²) < 4.78 is 4.47. The topological polar surface area (TPSA) is 96.3 Å². The number of ether oxygens (including phenoxy) is 1. The minimum absolute atomic E-state index is 0. The lowest BCUT2D eigenvalue weighted by Gasteiger charge is -2.12. The molecular weight excluding hydrogens is 244 g/mol. The van der Waals surface area contributed by atoms with Gasteiger partial charge in [0.05, 0.1) is 25.2 Å². The number of benzene rings is 1. The standard InChI is InChI=1S/C11H12N2O3.ClH/c1-16-11(15)5-9(13)8-4-7(6-12)2-3-10(8)14;/h2-4,9,14H,5,13H2,1H3;1H/t9-;/m0./s1. The van der Waals surface area contributed by atoms with Gasteiger partial charge < -0.3 is 15.6 Å². The van der Waals surface area contributed by atoms with Crippen LogP contribution in [0.25, 0.3) is 0 Å². The highest BCUT2D eigenvalue weighted by Crippen LogP contribution is 2.25. The van der Waals surface area contributed by atoms with Gasteiger partial charge in [0.25, 0.3) is 0 Å². The molecule has 0 aliphatic heterocycles. The molecule has 1 aromatic carbocycles. The molecule has 1 rings (SSSR count). The first-order valence-corrected chi connectivity index (χ1v) is 4.64. The van der Waals surface area contributed by atoms with E-state index in [0.29, 0.717) is 11.1 Å². The predicted molar refractivity (Wildman–Crippen MR) is 63.6 cm³/mol. The van der Waals surface area contributed by atoms with Gasteiger partial charge >= 0.3 is 5.97 Å². The summed E-state index contributed by atoms with van der Waals surface area (Å²) in [5, 5.41) is 18.2. The molecule has 0 bridgehead atoms. The molecule has 0 amide bonds. The van der Waals surface area contributed by atoms with Crippen molar-refractivity contribution in [3.05, 3.63) is 29.3 Å². The quantitative estimate of drug-likeness (QED) is 0.794. The lowest BCUT2D eigenvalue weighted by molar-refractivity contribution is -0.141. The minimum Gasteiger partial charge on any atom is -0.508 e. The van der Waals surface area contributed by atoms with Gasteiger partial charge in [-0.2, -0.15) is 5.26 Å². The summed E-state index contributed by atoms with van der Waals surface area (Å²) >= 11 is 0. The molecule has 0 heterocycles. The van der Waals surface area contributed by atoms with E-state index < -0.39 is 12.0 Å². The summed E-state index contributed by atoms with van der Waals surface area (Å²) in [6, 6.07) is 5.57. The average molecular weight is 257 g/mol. The number of nitrogens with two attached hydrogens (primary N) is 1. The summed E-state index contributed by atoms with van der Waals surface area (Å²) in [7, 11) is 1.26. The van der Waals surface area contributed by atoms with Gasteiger partial charge in [0.2, 0.25) is 0 Å². The van der Waals surface area contributed by atoms with Gasteiger partial charge in [-0.05, 0) is 18.2 Å². The molecule has 92 valence electrons. The number of halogens is 1. The van der Waals surface area contributed by atoms with E-state index in [1.807, 2.05) is 6.07 Å².